The van der Waals surface area contributed by atoms with Crippen LogP contribution in [0.3, 0.4) is 0 Å². The monoisotopic (exact) mass is 332 g/mol. The molecule has 2 saturated heterocycles. The molecular weight excluding hydrogens is 308 g/mol. The van der Waals surface area contributed by atoms with Gasteiger partial charge in [-0.3, -0.25) is 9.20 Å². The van der Waals surface area contributed by atoms with Gasteiger partial charge in [-0.25, -0.2) is 4.98 Å². The molecule has 0 spiro atoms. The fourth-order valence-corrected chi connectivity index (χ4v) is 4.62. The van der Waals surface area contributed by atoms with E-state index in [9.17, 15) is 4.79 Å². The van der Waals surface area contributed by atoms with Crippen molar-refractivity contribution in [3.05, 3.63) is 23.5 Å². The van der Waals surface area contributed by atoms with Crippen LogP contribution in [-0.4, -0.2) is 57.3 Å². The average molecular weight is 332 g/mol. The molecule has 1 unspecified atom stereocenters. The van der Waals surface area contributed by atoms with Gasteiger partial charge >= 0.3 is 0 Å². The average Bonchev–Trinajstić information content (AvgIpc) is 3.25. The van der Waals surface area contributed by atoms with Gasteiger partial charge in [0.2, 0.25) is 5.91 Å². The van der Waals surface area contributed by atoms with Crippen LogP contribution in [0.5, 0.6) is 0 Å². The number of carbonyl (C=O) groups excluding carboxylic acids is 1. The summed E-state index contributed by atoms with van der Waals surface area (Å²) < 4.78 is 2.01. The maximum Gasteiger partial charge on any atom is 0.228 e. The van der Waals surface area contributed by atoms with Crippen molar-refractivity contribution in [3.8, 4) is 0 Å². The second kappa shape index (κ2) is 6.61. The van der Waals surface area contributed by atoms with Crippen LogP contribution in [0.2, 0.25) is 0 Å². The molecule has 0 radical (unpaired) electrons. The molecule has 2 fully saturated rings. The number of fused-ring (bicyclic) bond motifs is 1. The van der Waals surface area contributed by atoms with Gasteiger partial charge in [-0.1, -0.05) is 0 Å². The Morgan fingerprint density at radius 2 is 2.04 bits per heavy atom. The van der Waals surface area contributed by atoms with Crippen LogP contribution >= 0.6 is 11.3 Å². The third-order valence-electron chi connectivity index (χ3n) is 5.09. The van der Waals surface area contributed by atoms with Crippen LogP contribution < -0.4 is 0 Å². The van der Waals surface area contributed by atoms with Crippen LogP contribution in [0.15, 0.2) is 17.8 Å². The summed E-state index contributed by atoms with van der Waals surface area (Å²) in [6.45, 7) is 4.38. The molecule has 5 nitrogen and oxygen atoms in total. The Kier molecular flexibility index (Phi) is 4.35. The number of nitrogens with zero attached hydrogens (tertiary/aromatic N) is 4. The number of hydrogen-bond donors (Lipinski definition) is 0. The van der Waals surface area contributed by atoms with Gasteiger partial charge in [0.25, 0.3) is 0 Å². The van der Waals surface area contributed by atoms with Crippen LogP contribution in [0.4, 0.5) is 0 Å². The predicted octanol–water partition coefficient (Wildman–Crippen LogP) is 2.42. The molecule has 2 aromatic heterocycles. The molecule has 4 heterocycles. The topological polar surface area (TPSA) is 40.9 Å². The van der Waals surface area contributed by atoms with Crippen molar-refractivity contribution in [2.75, 3.05) is 26.2 Å². The van der Waals surface area contributed by atoms with Crippen molar-refractivity contribution in [2.24, 2.45) is 0 Å². The SMILES string of the molecule is O=C(Cc1cn2ccsc2n1)N1CCCCC1CN1CCCC1. The van der Waals surface area contributed by atoms with Gasteiger partial charge in [0.15, 0.2) is 4.96 Å². The lowest BCUT2D eigenvalue weighted by Crippen LogP contribution is -2.49. The highest BCUT2D eigenvalue weighted by Crippen LogP contribution is 2.21. The Morgan fingerprint density at radius 1 is 1.22 bits per heavy atom. The van der Waals surface area contributed by atoms with Gasteiger partial charge in [-0.05, 0) is 45.2 Å². The summed E-state index contributed by atoms with van der Waals surface area (Å²) >= 11 is 1.61. The Labute approximate surface area is 140 Å². The first kappa shape index (κ1) is 15.1. The number of likely N-dealkylation sites (tertiary alicyclic amines) is 2. The van der Waals surface area contributed by atoms with E-state index >= 15 is 0 Å². The largest absolute Gasteiger partial charge is 0.338 e. The van der Waals surface area contributed by atoms with Gasteiger partial charge < -0.3 is 9.80 Å². The van der Waals surface area contributed by atoms with Crippen LogP contribution in [0.1, 0.15) is 37.8 Å². The number of thiazole rings is 1. The molecule has 6 heteroatoms. The van der Waals surface area contributed by atoms with Crippen LogP contribution in [0.25, 0.3) is 4.96 Å². The molecule has 1 amide bonds. The van der Waals surface area contributed by atoms with Crippen molar-refractivity contribution in [2.45, 2.75) is 44.6 Å². The Morgan fingerprint density at radius 3 is 2.87 bits per heavy atom. The summed E-state index contributed by atoms with van der Waals surface area (Å²) in [5, 5.41) is 2.02. The molecule has 23 heavy (non-hydrogen) atoms. The predicted molar refractivity (Wildman–Crippen MR) is 91.8 cm³/mol. The first-order valence-corrected chi connectivity index (χ1v) is 9.60. The van der Waals surface area contributed by atoms with Crippen LogP contribution in [-0.2, 0) is 11.2 Å². The second-order valence-electron chi connectivity index (χ2n) is 6.75. The fraction of sp³-hybridized carbons (Fsp3) is 0.647. The zero-order valence-electron chi connectivity index (χ0n) is 13.5. The minimum Gasteiger partial charge on any atom is -0.338 e. The first-order chi connectivity index (χ1) is 11.3. The molecular formula is C17H24N4OS. The van der Waals surface area contributed by atoms with E-state index in [-0.39, 0.29) is 5.91 Å². The minimum absolute atomic E-state index is 0.250. The Hall–Kier alpha value is -1.40. The second-order valence-corrected chi connectivity index (χ2v) is 7.62. The summed E-state index contributed by atoms with van der Waals surface area (Å²) in [6.07, 6.45) is 10.6. The molecule has 0 bridgehead atoms. The highest BCUT2D eigenvalue weighted by atomic mass is 32.1. The third-order valence-corrected chi connectivity index (χ3v) is 5.86. The number of carbonyl (C=O) groups is 1. The summed E-state index contributed by atoms with van der Waals surface area (Å²) in [4.78, 5) is 23.0. The number of hydrogen-bond acceptors (Lipinski definition) is 4. The zero-order chi connectivity index (χ0) is 15.6. The molecule has 2 aromatic rings. The van der Waals surface area contributed by atoms with Gasteiger partial charge in [0.05, 0.1) is 12.1 Å². The number of aromatic nitrogens is 2. The van der Waals surface area contributed by atoms with E-state index in [0.29, 0.717) is 12.5 Å². The van der Waals surface area contributed by atoms with E-state index in [0.717, 1.165) is 36.6 Å². The quantitative estimate of drug-likeness (QED) is 0.863. The van der Waals surface area contributed by atoms with Gasteiger partial charge in [0.1, 0.15) is 0 Å². The zero-order valence-corrected chi connectivity index (χ0v) is 14.3. The lowest BCUT2D eigenvalue weighted by Gasteiger charge is -2.38. The van der Waals surface area contributed by atoms with Gasteiger partial charge in [-0.2, -0.15) is 0 Å². The smallest absolute Gasteiger partial charge is 0.228 e. The summed E-state index contributed by atoms with van der Waals surface area (Å²) in [7, 11) is 0. The van der Waals surface area contributed by atoms with E-state index in [1.165, 1.54) is 32.4 Å². The maximum atomic E-state index is 12.8. The number of rotatable bonds is 4. The summed E-state index contributed by atoms with van der Waals surface area (Å²) in [5.41, 5.74) is 0.896. The van der Waals surface area contributed by atoms with E-state index < -0.39 is 0 Å². The lowest BCUT2D eigenvalue weighted by molar-refractivity contribution is -0.134. The number of imidazole rings is 1. The highest BCUT2D eigenvalue weighted by molar-refractivity contribution is 7.15. The van der Waals surface area contributed by atoms with E-state index in [1.807, 2.05) is 22.2 Å². The van der Waals surface area contributed by atoms with Crippen molar-refractivity contribution < 1.29 is 4.79 Å². The van der Waals surface area contributed by atoms with Gasteiger partial charge in [0, 0.05) is 36.9 Å². The fourth-order valence-electron chi connectivity index (χ4n) is 3.90. The van der Waals surface area contributed by atoms with Crippen LogP contribution in [0, 0.1) is 0 Å². The number of piperidine rings is 1. The normalized spacial score (nSPS) is 23.0. The van der Waals surface area contributed by atoms with Crippen molar-refractivity contribution in [1.82, 2.24) is 19.2 Å². The van der Waals surface area contributed by atoms with Gasteiger partial charge in [-0.15, -0.1) is 11.3 Å². The third kappa shape index (κ3) is 3.28. The Bertz CT molecular complexity index is 644. The molecule has 0 aromatic carbocycles. The molecule has 0 N–H and O–H groups in total. The van der Waals surface area contributed by atoms with E-state index in [2.05, 4.69) is 14.8 Å². The Balaban J connectivity index is 1.42. The number of amides is 1. The van der Waals surface area contributed by atoms with Crippen molar-refractivity contribution in [3.63, 3.8) is 0 Å². The van der Waals surface area contributed by atoms with E-state index in [4.69, 9.17) is 0 Å². The molecule has 1 atom stereocenters. The standard InChI is InChI=1S/C17H24N4OS/c22-16(11-14-12-20-9-10-23-17(20)18-14)21-8-2-1-5-15(21)13-19-6-3-4-7-19/h9-10,12,15H,1-8,11,13H2. The molecule has 2 aliphatic heterocycles. The molecule has 124 valence electrons. The minimum atomic E-state index is 0.250. The molecule has 0 aliphatic carbocycles. The lowest BCUT2D eigenvalue weighted by atomic mass is 10.0. The molecule has 2 aliphatic rings. The first-order valence-electron chi connectivity index (χ1n) is 8.72. The summed E-state index contributed by atoms with van der Waals surface area (Å²) in [5.74, 6) is 0.250. The van der Waals surface area contributed by atoms with Crippen molar-refractivity contribution >= 4 is 22.2 Å². The summed E-state index contributed by atoms with van der Waals surface area (Å²) in [6, 6.07) is 0.401. The van der Waals surface area contributed by atoms with Crippen molar-refractivity contribution in [1.29, 1.82) is 0 Å². The molecule has 4 rings (SSSR count). The highest BCUT2D eigenvalue weighted by Gasteiger charge is 2.29. The van der Waals surface area contributed by atoms with E-state index in [1.54, 1.807) is 11.3 Å². The molecule has 0 saturated carbocycles. The maximum absolute atomic E-state index is 12.8.